The number of nitrogens with zero attached hydrogens (tertiary/aromatic N) is 1. The lowest BCUT2D eigenvalue weighted by molar-refractivity contribution is -0.120. The molecule has 0 aliphatic carbocycles. The zero-order valence-corrected chi connectivity index (χ0v) is 18.7. The number of methoxy groups -OCH3 is 1. The Morgan fingerprint density at radius 1 is 0.875 bits per heavy atom. The van der Waals surface area contributed by atoms with Crippen molar-refractivity contribution in [2.24, 2.45) is 0 Å². The minimum Gasteiger partial charge on any atom is -0.497 e. The number of carbonyl (C=O) groups is 2. The third kappa shape index (κ3) is 4.02. The van der Waals surface area contributed by atoms with E-state index >= 15 is 0 Å². The summed E-state index contributed by atoms with van der Waals surface area (Å²) in [7, 11) is 1.59. The molecule has 0 bridgehead atoms. The second-order valence-electron chi connectivity index (χ2n) is 8.16. The standard InChI is InChI=1S/C27H26N2O3/c1-17(2)19-8-12-21(13-9-19)28-25-24(20-10-14-23(32-4)15-11-20)26(30)29(27(25)31)22-7-5-6-18(3)16-22/h5-17,28H,1-4H3. The molecular formula is C27H26N2O3. The van der Waals surface area contributed by atoms with Crippen LogP contribution in [0.25, 0.3) is 5.57 Å². The molecule has 1 N–H and O–H groups in total. The van der Waals surface area contributed by atoms with Crippen LogP contribution < -0.4 is 15.0 Å². The summed E-state index contributed by atoms with van der Waals surface area (Å²) in [6.45, 7) is 6.19. The van der Waals surface area contributed by atoms with E-state index < -0.39 is 0 Å². The van der Waals surface area contributed by atoms with E-state index in [0.717, 1.165) is 11.3 Å². The Hall–Kier alpha value is -3.86. The molecule has 1 aliphatic rings. The average Bonchev–Trinajstić information content (AvgIpc) is 3.03. The van der Waals surface area contributed by atoms with Crippen LogP contribution in [0.2, 0.25) is 0 Å². The molecule has 0 fully saturated rings. The highest BCUT2D eigenvalue weighted by molar-refractivity contribution is 6.46. The van der Waals surface area contributed by atoms with Gasteiger partial charge in [0.2, 0.25) is 0 Å². The van der Waals surface area contributed by atoms with Crippen LogP contribution in [0.15, 0.2) is 78.5 Å². The SMILES string of the molecule is COc1ccc(C2=C(Nc3ccc(C(C)C)cc3)C(=O)N(c3cccc(C)c3)C2=O)cc1. The lowest BCUT2D eigenvalue weighted by atomic mass is 10.0. The van der Waals surface area contributed by atoms with E-state index in [4.69, 9.17) is 4.74 Å². The summed E-state index contributed by atoms with van der Waals surface area (Å²) in [5.41, 5.74) is 4.74. The molecule has 0 saturated carbocycles. The normalized spacial score (nSPS) is 13.8. The molecule has 0 unspecified atom stereocenters. The summed E-state index contributed by atoms with van der Waals surface area (Å²) in [6, 6.07) is 22.5. The van der Waals surface area contributed by atoms with Crippen LogP contribution in [0.3, 0.4) is 0 Å². The van der Waals surface area contributed by atoms with Crippen LogP contribution in [-0.4, -0.2) is 18.9 Å². The van der Waals surface area contributed by atoms with Crippen molar-refractivity contribution in [3.8, 4) is 5.75 Å². The number of benzene rings is 3. The van der Waals surface area contributed by atoms with E-state index in [0.29, 0.717) is 28.5 Å². The first kappa shape index (κ1) is 21.4. The Kier molecular flexibility index (Phi) is 5.82. The lowest BCUT2D eigenvalue weighted by Gasteiger charge is -2.16. The first-order chi connectivity index (χ1) is 15.4. The van der Waals surface area contributed by atoms with Gasteiger partial charge < -0.3 is 10.1 Å². The van der Waals surface area contributed by atoms with Crippen molar-refractivity contribution < 1.29 is 14.3 Å². The van der Waals surface area contributed by atoms with Crippen molar-refractivity contribution in [3.05, 3.63) is 95.2 Å². The van der Waals surface area contributed by atoms with Crippen molar-refractivity contribution in [2.75, 3.05) is 17.3 Å². The Morgan fingerprint density at radius 2 is 1.56 bits per heavy atom. The van der Waals surface area contributed by atoms with Crippen LogP contribution in [0, 0.1) is 6.92 Å². The topological polar surface area (TPSA) is 58.6 Å². The van der Waals surface area contributed by atoms with E-state index in [1.54, 1.807) is 37.4 Å². The van der Waals surface area contributed by atoms with Crippen LogP contribution in [0.4, 0.5) is 11.4 Å². The maximum absolute atomic E-state index is 13.5. The molecule has 162 valence electrons. The van der Waals surface area contributed by atoms with Gasteiger partial charge >= 0.3 is 0 Å². The molecule has 4 rings (SSSR count). The third-order valence-corrected chi connectivity index (χ3v) is 5.57. The molecule has 1 heterocycles. The van der Waals surface area contributed by atoms with Crippen molar-refractivity contribution in [2.45, 2.75) is 26.7 Å². The van der Waals surface area contributed by atoms with Gasteiger partial charge in [-0.2, -0.15) is 0 Å². The van der Waals surface area contributed by atoms with Crippen molar-refractivity contribution >= 4 is 28.8 Å². The molecule has 3 aromatic rings. The highest BCUT2D eigenvalue weighted by Crippen LogP contribution is 2.34. The summed E-state index contributed by atoms with van der Waals surface area (Å²) in [5.74, 6) is 0.358. The Morgan fingerprint density at radius 3 is 2.16 bits per heavy atom. The predicted octanol–water partition coefficient (Wildman–Crippen LogP) is 5.52. The van der Waals surface area contributed by atoms with Gasteiger partial charge in [0.25, 0.3) is 11.8 Å². The molecule has 5 heteroatoms. The number of anilines is 2. The molecule has 32 heavy (non-hydrogen) atoms. The minimum absolute atomic E-state index is 0.263. The number of nitrogens with one attached hydrogen (secondary N) is 1. The Balaban J connectivity index is 1.78. The van der Waals surface area contributed by atoms with Crippen LogP contribution in [0.5, 0.6) is 5.75 Å². The van der Waals surface area contributed by atoms with Gasteiger partial charge in [-0.3, -0.25) is 9.59 Å². The Labute approximate surface area is 188 Å². The number of carbonyl (C=O) groups excluding carboxylic acids is 2. The molecule has 0 saturated heterocycles. The molecule has 0 radical (unpaired) electrons. The van der Waals surface area contributed by atoms with Gasteiger partial charge in [0.1, 0.15) is 11.4 Å². The highest BCUT2D eigenvalue weighted by Gasteiger charge is 2.40. The van der Waals surface area contributed by atoms with E-state index in [-0.39, 0.29) is 17.5 Å². The molecule has 5 nitrogen and oxygen atoms in total. The van der Waals surface area contributed by atoms with Gasteiger partial charge in [-0.1, -0.05) is 50.2 Å². The van der Waals surface area contributed by atoms with Gasteiger partial charge in [-0.15, -0.1) is 0 Å². The number of aryl methyl sites for hydroxylation is 1. The summed E-state index contributed by atoms with van der Waals surface area (Å²) >= 11 is 0. The van der Waals surface area contributed by atoms with Crippen LogP contribution in [-0.2, 0) is 9.59 Å². The number of amides is 2. The fourth-order valence-electron chi connectivity index (χ4n) is 3.77. The minimum atomic E-state index is -0.376. The fourth-order valence-corrected chi connectivity index (χ4v) is 3.77. The molecule has 1 aliphatic heterocycles. The number of imide groups is 1. The van der Waals surface area contributed by atoms with E-state index in [2.05, 4.69) is 19.2 Å². The number of hydrogen-bond donors (Lipinski definition) is 1. The smallest absolute Gasteiger partial charge is 0.282 e. The quantitative estimate of drug-likeness (QED) is 0.527. The second kappa shape index (κ2) is 8.71. The van der Waals surface area contributed by atoms with Gasteiger partial charge in [-0.05, 0) is 65.9 Å². The van der Waals surface area contributed by atoms with E-state index in [1.807, 2.05) is 49.4 Å². The van der Waals surface area contributed by atoms with Gasteiger partial charge in [0.05, 0.1) is 18.4 Å². The monoisotopic (exact) mass is 426 g/mol. The van der Waals surface area contributed by atoms with Gasteiger partial charge in [-0.25, -0.2) is 4.90 Å². The number of hydrogen-bond acceptors (Lipinski definition) is 4. The van der Waals surface area contributed by atoms with Gasteiger partial charge in [0, 0.05) is 5.69 Å². The largest absolute Gasteiger partial charge is 0.497 e. The molecule has 2 amide bonds. The van der Waals surface area contributed by atoms with E-state index in [1.165, 1.54) is 10.5 Å². The first-order valence-electron chi connectivity index (χ1n) is 10.6. The maximum atomic E-state index is 13.5. The molecule has 0 aromatic heterocycles. The second-order valence-corrected chi connectivity index (χ2v) is 8.16. The van der Waals surface area contributed by atoms with Crippen LogP contribution in [0.1, 0.15) is 36.5 Å². The summed E-state index contributed by atoms with van der Waals surface area (Å²) in [4.78, 5) is 28.2. The predicted molar refractivity (Wildman–Crippen MR) is 128 cm³/mol. The molecule has 0 spiro atoms. The molecule has 0 atom stereocenters. The zero-order valence-electron chi connectivity index (χ0n) is 18.7. The van der Waals surface area contributed by atoms with Crippen molar-refractivity contribution in [1.29, 1.82) is 0 Å². The first-order valence-corrected chi connectivity index (χ1v) is 10.6. The number of rotatable bonds is 6. The van der Waals surface area contributed by atoms with Crippen LogP contribution >= 0.6 is 0 Å². The number of ether oxygens (including phenoxy) is 1. The third-order valence-electron chi connectivity index (χ3n) is 5.57. The maximum Gasteiger partial charge on any atom is 0.282 e. The summed E-state index contributed by atoms with van der Waals surface area (Å²) in [6.07, 6.45) is 0. The molecular weight excluding hydrogens is 400 g/mol. The fraction of sp³-hybridized carbons (Fsp3) is 0.185. The molecule has 3 aromatic carbocycles. The van der Waals surface area contributed by atoms with Crippen molar-refractivity contribution in [1.82, 2.24) is 0 Å². The zero-order chi connectivity index (χ0) is 22.8. The highest BCUT2D eigenvalue weighted by atomic mass is 16.5. The summed E-state index contributed by atoms with van der Waals surface area (Å²) in [5, 5.41) is 3.22. The summed E-state index contributed by atoms with van der Waals surface area (Å²) < 4.78 is 5.24. The van der Waals surface area contributed by atoms with E-state index in [9.17, 15) is 9.59 Å². The Bertz CT molecular complexity index is 1190. The average molecular weight is 427 g/mol. The van der Waals surface area contributed by atoms with Gasteiger partial charge in [0.15, 0.2) is 0 Å². The lowest BCUT2D eigenvalue weighted by Crippen LogP contribution is -2.32. The van der Waals surface area contributed by atoms with Crippen molar-refractivity contribution in [3.63, 3.8) is 0 Å².